The van der Waals surface area contributed by atoms with Gasteiger partial charge in [-0.25, -0.2) is 0 Å². The van der Waals surface area contributed by atoms with Gasteiger partial charge in [-0.3, -0.25) is 14.4 Å². The van der Waals surface area contributed by atoms with Crippen LogP contribution in [0.2, 0.25) is 15.1 Å². The zero-order valence-corrected chi connectivity index (χ0v) is 17.5. The van der Waals surface area contributed by atoms with E-state index in [1.54, 1.807) is 13.0 Å². The fourth-order valence-electron chi connectivity index (χ4n) is 1.86. The van der Waals surface area contributed by atoms with Gasteiger partial charge < -0.3 is 19.9 Å². The molecule has 2 aromatic rings. The van der Waals surface area contributed by atoms with Crippen molar-refractivity contribution in [3.63, 3.8) is 0 Å². The smallest absolute Gasteiger partial charge is 0.316 e. The standard InChI is InChI=1S/C16H14Cl3N3O5S/c1-8-2-12(22-27-8)20-14(24)6-28-7-15(25)26-5-13(23)21-16-10(18)3-9(17)4-11(16)19/h2-4H,5-7H2,1H3,(H,21,23)(H,20,22,24). The molecule has 0 aliphatic rings. The van der Waals surface area contributed by atoms with Crippen LogP contribution in [0.15, 0.2) is 22.7 Å². The van der Waals surface area contributed by atoms with Crippen molar-refractivity contribution in [3.8, 4) is 0 Å². The molecule has 150 valence electrons. The quantitative estimate of drug-likeness (QED) is 0.569. The number of halogens is 3. The Morgan fingerprint density at radius 3 is 2.36 bits per heavy atom. The molecule has 0 saturated heterocycles. The van der Waals surface area contributed by atoms with Crippen LogP contribution in [-0.2, 0) is 19.1 Å². The first kappa shape index (κ1) is 22.4. The van der Waals surface area contributed by atoms with E-state index in [1.165, 1.54) is 12.1 Å². The highest BCUT2D eigenvalue weighted by molar-refractivity contribution is 8.00. The molecule has 2 rings (SSSR count). The van der Waals surface area contributed by atoms with Crippen LogP contribution >= 0.6 is 46.6 Å². The molecule has 0 aliphatic heterocycles. The second-order valence-electron chi connectivity index (χ2n) is 5.32. The average Bonchev–Trinajstić information content (AvgIpc) is 3.01. The van der Waals surface area contributed by atoms with Crippen molar-refractivity contribution in [2.45, 2.75) is 6.92 Å². The molecule has 1 aromatic heterocycles. The number of hydrogen-bond donors (Lipinski definition) is 2. The van der Waals surface area contributed by atoms with Crippen LogP contribution in [0.4, 0.5) is 11.5 Å². The van der Waals surface area contributed by atoms with Gasteiger partial charge in [0.25, 0.3) is 5.91 Å². The molecule has 0 saturated carbocycles. The van der Waals surface area contributed by atoms with Crippen LogP contribution in [0, 0.1) is 6.92 Å². The zero-order valence-electron chi connectivity index (χ0n) is 14.4. The Kier molecular flexibility index (Phi) is 8.43. The summed E-state index contributed by atoms with van der Waals surface area (Å²) in [4.78, 5) is 35.2. The van der Waals surface area contributed by atoms with Crippen molar-refractivity contribution in [3.05, 3.63) is 39.0 Å². The van der Waals surface area contributed by atoms with Crippen molar-refractivity contribution < 1.29 is 23.6 Å². The topological polar surface area (TPSA) is 111 Å². The highest BCUT2D eigenvalue weighted by Gasteiger charge is 2.14. The maximum absolute atomic E-state index is 11.9. The highest BCUT2D eigenvalue weighted by atomic mass is 35.5. The van der Waals surface area contributed by atoms with E-state index in [-0.39, 0.29) is 33.1 Å². The molecule has 1 heterocycles. The third-order valence-corrected chi connectivity index (χ3v) is 4.70. The van der Waals surface area contributed by atoms with Crippen molar-refractivity contribution in [2.75, 3.05) is 28.7 Å². The first-order valence-electron chi connectivity index (χ1n) is 7.65. The summed E-state index contributed by atoms with van der Waals surface area (Å²) in [5.74, 6) is -0.879. The van der Waals surface area contributed by atoms with Gasteiger partial charge in [0.15, 0.2) is 12.4 Å². The minimum atomic E-state index is -0.654. The maximum Gasteiger partial charge on any atom is 0.316 e. The zero-order chi connectivity index (χ0) is 20.7. The minimum Gasteiger partial charge on any atom is -0.455 e. The van der Waals surface area contributed by atoms with Gasteiger partial charge in [-0.05, 0) is 19.1 Å². The Hall–Kier alpha value is -1.94. The van der Waals surface area contributed by atoms with Gasteiger partial charge in [-0.15, -0.1) is 11.8 Å². The Balaban J connectivity index is 1.68. The van der Waals surface area contributed by atoms with Crippen molar-refractivity contribution in [1.29, 1.82) is 0 Å². The lowest BCUT2D eigenvalue weighted by molar-refractivity contribution is -0.144. The number of carbonyl (C=O) groups is 3. The molecule has 8 nitrogen and oxygen atoms in total. The summed E-state index contributed by atoms with van der Waals surface area (Å²) in [7, 11) is 0. The number of hydrogen-bond acceptors (Lipinski definition) is 7. The number of esters is 1. The molecule has 2 amide bonds. The van der Waals surface area contributed by atoms with E-state index in [1.807, 2.05) is 0 Å². The molecule has 0 bridgehead atoms. The summed E-state index contributed by atoms with van der Waals surface area (Å²) in [6.07, 6.45) is 0. The molecule has 1 aromatic carbocycles. The second kappa shape index (κ2) is 10.6. The number of ether oxygens (including phenoxy) is 1. The number of anilines is 2. The third kappa shape index (κ3) is 7.23. The van der Waals surface area contributed by atoms with E-state index in [2.05, 4.69) is 15.8 Å². The van der Waals surface area contributed by atoms with Crippen LogP contribution in [0.3, 0.4) is 0 Å². The van der Waals surface area contributed by atoms with E-state index in [0.29, 0.717) is 16.6 Å². The highest BCUT2D eigenvalue weighted by Crippen LogP contribution is 2.33. The summed E-state index contributed by atoms with van der Waals surface area (Å²) >= 11 is 18.7. The number of nitrogens with zero attached hydrogens (tertiary/aromatic N) is 1. The fraction of sp³-hybridized carbons (Fsp3) is 0.250. The number of aryl methyl sites for hydroxylation is 1. The van der Waals surface area contributed by atoms with Crippen LogP contribution in [0.1, 0.15) is 5.76 Å². The third-order valence-electron chi connectivity index (χ3n) is 2.98. The van der Waals surface area contributed by atoms with Gasteiger partial charge >= 0.3 is 5.97 Å². The number of aromatic nitrogens is 1. The number of thioether (sulfide) groups is 1. The maximum atomic E-state index is 11.9. The normalized spacial score (nSPS) is 10.4. The van der Waals surface area contributed by atoms with Crippen LogP contribution in [0.25, 0.3) is 0 Å². The molecule has 28 heavy (non-hydrogen) atoms. The lowest BCUT2D eigenvalue weighted by Gasteiger charge is -2.10. The summed E-state index contributed by atoms with van der Waals surface area (Å²) in [5, 5.41) is 9.20. The molecule has 0 radical (unpaired) electrons. The van der Waals surface area contributed by atoms with Crippen LogP contribution in [-0.4, -0.2) is 41.1 Å². The average molecular weight is 467 g/mol. The molecule has 0 atom stereocenters. The molecule has 12 heteroatoms. The number of rotatable bonds is 8. The Labute approximate surface area is 179 Å². The molecule has 0 unspecified atom stereocenters. The van der Waals surface area contributed by atoms with Crippen molar-refractivity contribution in [1.82, 2.24) is 5.16 Å². The molecule has 0 aliphatic carbocycles. The fourth-order valence-corrected chi connectivity index (χ4v) is 3.38. The van der Waals surface area contributed by atoms with Gasteiger partial charge in [0, 0.05) is 11.1 Å². The predicted octanol–water partition coefficient (Wildman–Crippen LogP) is 3.80. The Bertz CT molecular complexity index is 867. The minimum absolute atomic E-state index is 0.00317. The lowest BCUT2D eigenvalue weighted by atomic mass is 10.3. The van der Waals surface area contributed by atoms with E-state index < -0.39 is 18.5 Å². The largest absolute Gasteiger partial charge is 0.455 e. The van der Waals surface area contributed by atoms with E-state index in [9.17, 15) is 14.4 Å². The second-order valence-corrected chi connectivity index (χ2v) is 7.55. The van der Waals surface area contributed by atoms with Gasteiger partial charge in [-0.2, -0.15) is 0 Å². The van der Waals surface area contributed by atoms with Crippen LogP contribution < -0.4 is 10.6 Å². The molecule has 0 fully saturated rings. The van der Waals surface area contributed by atoms with E-state index in [4.69, 9.17) is 44.1 Å². The Morgan fingerprint density at radius 1 is 1.07 bits per heavy atom. The first-order valence-corrected chi connectivity index (χ1v) is 9.94. The molecular weight excluding hydrogens is 453 g/mol. The number of carbonyl (C=O) groups excluding carboxylic acids is 3. The molecule has 2 N–H and O–H groups in total. The van der Waals surface area contributed by atoms with Gasteiger partial charge in [0.05, 0.1) is 27.2 Å². The van der Waals surface area contributed by atoms with Gasteiger partial charge in [0.1, 0.15) is 5.76 Å². The van der Waals surface area contributed by atoms with Crippen molar-refractivity contribution in [2.24, 2.45) is 0 Å². The summed E-state index contributed by atoms with van der Waals surface area (Å²) < 4.78 is 9.66. The predicted molar refractivity (Wildman–Crippen MR) is 108 cm³/mol. The molecular formula is C16H14Cl3N3O5S. The Morgan fingerprint density at radius 2 is 1.75 bits per heavy atom. The molecule has 0 spiro atoms. The monoisotopic (exact) mass is 465 g/mol. The van der Waals surface area contributed by atoms with Crippen molar-refractivity contribution >= 4 is 75.9 Å². The summed E-state index contributed by atoms with van der Waals surface area (Å²) in [5.41, 5.74) is 0.169. The summed E-state index contributed by atoms with van der Waals surface area (Å²) in [6.45, 7) is 1.16. The van der Waals surface area contributed by atoms with Crippen LogP contribution in [0.5, 0.6) is 0 Å². The van der Waals surface area contributed by atoms with E-state index >= 15 is 0 Å². The number of amides is 2. The van der Waals surface area contributed by atoms with E-state index in [0.717, 1.165) is 11.8 Å². The summed E-state index contributed by atoms with van der Waals surface area (Å²) in [6, 6.07) is 4.39. The lowest BCUT2D eigenvalue weighted by Crippen LogP contribution is -2.22. The van der Waals surface area contributed by atoms with Gasteiger partial charge in [0.2, 0.25) is 5.91 Å². The SMILES string of the molecule is Cc1cc(NC(=O)CSCC(=O)OCC(=O)Nc2c(Cl)cc(Cl)cc2Cl)no1. The number of nitrogens with one attached hydrogen (secondary N) is 2. The number of benzene rings is 1. The van der Waals surface area contributed by atoms with Gasteiger partial charge in [-0.1, -0.05) is 40.0 Å². The first-order chi connectivity index (χ1) is 13.2.